The van der Waals surface area contributed by atoms with Crippen LogP contribution in [-0.4, -0.2) is 4.98 Å². The Kier molecular flexibility index (Phi) is 2.41. The van der Waals surface area contributed by atoms with E-state index in [2.05, 4.69) is 36.8 Å². The van der Waals surface area contributed by atoms with Crippen LogP contribution in [0.1, 0.15) is 5.69 Å². The SMILES string of the molecule is N#Cc1cc(Br)c(Br)cn1. The zero-order valence-corrected chi connectivity index (χ0v) is 7.98. The summed E-state index contributed by atoms with van der Waals surface area (Å²) < 4.78 is 1.70. The van der Waals surface area contributed by atoms with Gasteiger partial charge in [-0.25, -0.2) is 4.98 Å². The topological polar surface area (TPSA) is 36.7 Å². The highest BCUT2D eigenvalue weighted by Crippen LogP contribution is 2.21. The van der Waals surface area contributed by atoms with Gasteiger partial charge in [0.05, 0.1) is 4.47 Å². The van der Waals surface area contributed by atoms with Crippen LogP contribution in [0.15, 0.2) is 21.2 Å². The fourth-order valence-electron chi connectivity index (χ4n) is 0.475. The van der Waals surface area contributed by atoms with Crippen LogP contribution in [0, 0.1) is 11.3 Å². The molecule has 0 unspecified atom stereocenters. The molecule has 0 aliphatic rings. The fourth-order valence-corrected chi connectivity index (χ4v) is 1.01. The van der Waals surface area contributed by atoms with Crippen molar-refractivity contribution in [2.24, 2.45) is 0 Å². The van der Waals surface area contributed by atoms with Gasteiger partial charge in [0.1, 0.15) is 11.8 Å². The molecule has 0 atom stereocenters. The van der Waals surface area contributed by atoms with Gasteiger partial charge in [-0.05, 0) is 37.9 Å². The number of nitriles is 1. The Labute approximate surface area is 75.1 Å². The average molecular weight is 262 g/mol. The van der Waals surface area contributed by atoms with Gasteiger partial charge in [-0.3, -0.25) is 0 Å². The summed E-state index contributed by atoms with van der Waals surface area (Å²) in [4.78, 5) is 3.82. The van der Waals surface area contributed by atoms with E-state index in [0.29, 0.717) is 5.69 Å². The minimum absolute atomic E-state index is 0.412. The van der Waals surface area contributed by atoms with Gasteiger partial charge in [0.2, 0.25) is 0 Å². The van der Waals surface area contributed by atoms with Crippen molar-refractivity contribution >= 4 is 31.9 Å². The summed E-state index contributed by atoms with van der Waals surface area (Å²) in [7, 11) is 0. The number of aromatic nitrogens is 1. The molecule has 0 amide bonds. The summed E-state index contributed by atoms with van der Waals surface area (Å²) in [5.41, 5.74) is 0.412. The molecule has 0 bridgehead atoms. The van der Waals surface area contributed by atoms with Crippen molar-refractivity contribution in [2.45, 2.75) is 0 Å². The Morgan fingerprint density at radius 3 is 2.60 bits per heavy atom. The fraction of sp³-hybridized carbons (Fsp3) is 0. The van der Waals surface area contributed by atoms with E-state index >= 15 is 0 Å². The van der Waals surface area contributed by atoms with Crippen molar-refractivity contribution < 1.29 is 0 Å². The molecule has 0 radical (unpaired) electrons. The second kappa shape index (κ2) is 3.13. The first-order chi connectivity index (χ1) is 4.74. The van der Waals surface area contributed by atoms with Gasteiger partial charge < -0.3 is 0 Å². The van der Waals surface area contributed by atoms with Crippen molar-refractivity contribution in [3.05, 3.63) is 26.9 Å². The first-order valence-corrected chi connectivity index (χ1v) is 4.04. The molecule has 50 valence electrons. The van der Waals surface area contributed by atoms with Crippen LogP contribution in [0.2, 0.25) is 0 Å². The quantitative estimate of drug-likeness (QED) is 0.720. The number of nitrogens with zero attached hydrogens (tertiary/aromatic N) is 2. The largest absolute Gasteiger partial charge is 0.244 e. The lowest BCUT2D eigenvalue weighted by molar-refractivity contribution is 1.24. The number of hydrogen-bond acceptors (Lipinski definition) is 2. The van der Waals surface area contributed by atoms with Gasteiger partial charge in [0.25, 0.3) is 0 Å². The maximum absolute atomic E-state index is 8.40. The molecule has 1 aromatic heterocycles. The Balaban J connectivity index is 3.20. The van der Waals surface area contributed by atoms with E-state index in [-0.39, 0.29) is 0 Å². The molecule has 1 heterocycles. The molecule has 0 saturated carbocycles. The standard InChI is InChI=1S/C6H2Br2N2/c7-5-1-4(2-9)10-3-6(5)8/h1,3H. The molecular weight excluding hydrogens is 260 g/mol. The zero-order valence-electron chi connectivity index (χ0n) is 4.81. The van der Waals surface area contributed by atoms with Crippen LogP contribution in [0.3, 0.4) is 0 Å². The van der Waals surface area contributed by atoms with Gasteiger partial charge in [-0.15, -0.1) is 0 Å². The van der Waals surface area contributed by atoms with Crippen molar-refractivity contribution in [1.29, 1.82) is 5.26 Å². The second-order valence-electron chi connectivity index (χ2n) is 1.60. The third-order valence-electron chi connectivity index (χ3n) is 0.923. The first-order valence-electron chi connectivity index (χ1n) is 2.45. The van der Waals surface area contributed by atoms with Crippen molar-refractivity contribution in [2.75, 3.05) is 0 Å². The van der Waals surface area contributed by atoms with Gasteiger partial charge in [0, 0.05) is 10.7 Å². The van der Waals surface area contributed by atoms with Crippen LogP contribution in [-0.2, 0) is 0 Å². The summed E-state index contributed by atoms with van der Waals surface area (Å²) in [6.45, 7) is 0. The predicted octanol–water partition coefficient (Wildman–Crippen LogP) is 2.48. The molecule has 1 rings (SSSR count). The molecule has 1 aromatic rings. The summed E-state index contributed by atoms with van der Waals surface area (Å²) >= 11 is 6.49. The Hall–Kier alpha value is -0.400. The average Bonchev–Trinajstić information content (AvgIpc) is 1.95. The Bertz CT molecular complexity index is 290. The molecule has 0 aliphatic heterocycles. The van der Waals surface area contributed by atoms with Crippen LogP contribution in [0.25, 0.3) is 0 Å². The van der Waals surface area contributed by atoms with E-state index in [1.807, 2.05) is 6.07 Å². The predicted molar refractivity (Wildman–Crippen MR) is 44.4 cm³/mol. The van der Waals surface area contributed by atoms with E-state index in [9.17, 15) is 0 Å². The maximum atomic E-state index is 8.40. The Morgan fingerprint density at radius 1 is 1.40 bits per heavy atom. The smallest absolute Gasteiger partial charge is 0.141 e. The summed E-state index contributed by atoms with van der Waals surface area (Å²) in [5.74, 6) is 0. The van der Waals surface area contributed by atoms with Crippen LogP contribution >= 0.6 is 31.9 Å². The molecule has 0 aliphatic carbocycles. The molecule has 0 aromatic carbocycles. The third kappa shape index (κ3) is 1.55. The molecule has 0 N–H and O–H groups in total. The maximum Gasteiger partial charge on any atom is 0.141 e. The molecule has 0 spiro atoms. The van der Waals surface area contributed by atoms with E-state index in [0.717, 1.165) is 8.95 Å². The van der Waals surface area contributed by atoms with Crippen molar-refractivity contribution in [3.8, 4) is 6.07 Å². The highest BCUT2D eigenvalue weighted by Gasteiger charge is 1.97. The van der Waals surface area contributed by atoms with E-state index in [4.69, 9.17) is 5.26 Å². The van der Waals surface area contributed by atoms with E-state index in [1.165, 1.54) is 0 Å². The van der Waals surface area contributed by atoms with Gasteiger partial charge in [-0.1, -0.05) is 0 Å². The second-order valence-corrected chi connectivity index (χ2v) is 3.30. The minimum atomic E-state index is 0.412. The van der Waals surface area contributed by atoms with Gasteiger partial charge in [0.15, 0.2) is 0 Å². The number of halogens is 2. The lowest BCUT2D eigenvalue weighted by Gasteiger charge is -1.92. The third-order valence-corrected chi connectivity index (χ3v) is 2.74. The highest BCUT2D eigenvalue weighted by molar-refractivity contribution is 9.13. The first kappa shape index (κ1) is 7.70. The molecule has 2 nitrogen and oxygen atoms in total. The normalized spacial score (nSPS) is 8.90. The van der Waals surface area contributed by atoms with Crippen molar-refractivity contribution in [3.63, 3.8) is 0 Å². The lowest BCUT2D eigenvalue weighted by Crippen LogP contribution is -1.80. The number of hydrogen-bond donors (Lipinski definition) is 0. The van der Waals surface area contributed by atoms with Crippen LogP contribution in [0.4, 0.5) is 0 Å². The molecule has 4 heteroatoms. The zero-order chi connectivity index (χ0) is 7.56. The monoisotopic (exact) mass is 260 g/mol. The van der Waals surface area contributed by atoms with Gasteiger partial charge in [-0.2, -0.15) is 5.26 Å². The van der Waals surface area contributed by atoms with Crippen LogP contribution < -0.4 is 0 Å². The minimum Gasteiger partial charge on any atom is -0.244 e. The van der Waals surface area contributed by atoms with Crippen molar-refractivity contribution in [1.82, 2.24) is 4.98 Å². The summed E-state index contributed by atoms with van der Waals surface area (Å²) in [6, 6.07) is 3.59. The number of pyridine rings is 1. The molecule has 10 heavy (non-hydrogen) atoms. The lowest BCUT2D eigenvalue weighted by atomic mass is 10.4. The van der Waals surface area contributed by atoms with E-state index < -0.39 is 0 Å². The molecular formula is C6H2Br2N2. The molecule has 0 fully saturated rings. The molecule has 0 saturated heterocycles. The highest BCUT2D eigenvalue weighted by atomic mass is 79.9. The van der Waals surface area contributed by atoms with E-state index in [1.54, 1.807) is 12.3 Å². The van der Waals surface area contributed by atoms with Gasteiger partial charge >= 0.3 is 0 Å². The number of rotatable bonds is 0. The summed E-state index contributed by atoms with van der Waals surface area (Å²) in [6.07, 6.45) is 1.59. The van der Waals surface area contributed by atoms with Crippen LogP contribution in [0.5, 0.6) is 0 Å². The summed E-state index contributed by atoms with van der Waals surface area (Å²) in [5, 5.41) is 8.40. The Morgan fingerprint density at radius 2 is 2.10 bits per heavy atom.